The number of esters is 2. The van der Waals surface area contributed by atoms with Crippen LogP contribution in [0.15, 0.2) is 48.5 Å². The molecule has 0 heterocycles. The molecule has 0 radical (unpaired) electrons. The van der Waals surface area contributed by atoms with Crippen LogP contribution in [-0.4, -0.2) is 57.6 Å². The number of nitrogens with zero attached hydrogens (tertiary/aromatic N) is 1. The third-order valence-corrected chi connectivity index (χ3v) is 5.25. The molecule has 0 aliphatic carbocycles. The van der Waals surface area contributed by atoms with Gasteiger partial charge in [0.05, 0.1) is 38.1 Å². The Morgan fingerprint density at radius 2 is 1.47 bits per heavy atom. The lowest BCUT2D eigenvalue weighted by Gasteiger charge is -2.20. The van der Waals surface area contributed by atoms with Crippen LogP contribution in [-0.2, 0) is 30.8 Å². The highest BCUT2D eigenvalue weighted by molar-refractivity contribution is 7.88. The Morgan fingerprint density at radius 1 is 0.933 bits per heavy atom. The molecule has 0 fully saturated rings. The van der Waals surface area contributed by atoms with Crippen molar-refractivity contribution in [2.24, 2.45) is 0 Å². The Kier molecular flexibility index (Phi) is 7.67. The SMILES string of the molecule is COC(=O)c1cc(NC(=O)CN(Cc2ccccc2)S(C)(=O)=O)cc(C(=O)OC)c1. The minimum Gasteiger partial charge on any atom is -0.465 e. The van der Waals surface area contributed by atoms with Crippen molar-refractivity contribution in [2.45, 2.75) is 6.54 Å². The standard InChI is InChI=1S/C20H22N2O7S/c1-28-19(24)15-9-16(20(25)29-2)11-17(10-15)21-18(23)13-22(30(3,26)27)12-14-7-5-4-6-8-14/h4-11H,12-13H2,1-3H3,(H,21,23). The molecule has 0 aliphatic heterocycles. The van der Waals surface area contributed by atoms with Crippen LogP contribution in [0.5, 0.6) is 0 Å². The van der Waals surface area contributed by atoms with Crippen LogP contribution in [0.1, 0.15) is 26.3 Å². The van der Waals surface area contributed by atoms with Crippen molar-refractivity contribution in [1.82, 2.24) is 4.31 Å². The van der Waals surface area contributed by atoms with E-state index in [0.29, 0.717) is 0 Å². The van der Waals surface area contributed by atoms with Crippen molar-refractivity contribution < 1.29 is 32.3 Å². The quantitative estimate of drug-likeness (QED) is 0.628. The van der Waals surface area contributed by atoms with Crippen molar-refractivity contribution in [3.8, 4) is 0 Å². The molecule has 0 spiro atoms. The first-order valence-electron chi connectivity index (χ1n) is 8.74. The van der Waals surface area contributed by atoms with E-state index < -0.39 is 34.4 Å². The van der Waals surface area contributed by atoms with E-state index in [4.69, 9.17) is 0 Å². The highest BCUT2D eigenvalue weighted by Crippen LogP contribution is 2.17. The lowest BCUT2D eigenvalue weighted by molar-refractivity contribution is -0.116. The summed E-state index contributed by atoms with van der Waals surface area (Å²) in [4.78, 5) is 36.2. The van der Waals surface area contributed by atoms with Crippen molar-refractivity contribution in [1.29, 1.82) is 0 Å². The molecule has 2 aromatic rings. The molecule has 0 atom stereocenters. The molecule has 1 N–H and O–H groups in total. The van der Waals surface area contributed by atoms with Gasteiger partial charge >= 0.3 is 11.9 Å². The second-order valence-electron chi connectivity index (χ2n) is 6.35. The van der Waals surface area contributed by atoms with Gasteiger partial charge in [-0.2, -0.15) is 4.31 Å². The van der Waals surface area contributed by atoms with Gasteiger partial charge in [0, 0.05) is 12.2 Å². The van der Waals surface area contributed by atoms with Gasteiger partial charge in [0.25, 0.3) is 0 Å². The van der Waals surface area contributed by atoms with Gasteiger partial charge in [-0.3, -0.25) is 4.79 Å². The fourth-order valence-electron chi connectivity index (χ4n) is 2.61. The number of nitrogens with one attached hydrogen (secondary N) is 1. The monoisotopic (exact) mass is 434 g/mol. The number of methoxy groups -OCH3 is 2. The molecule has 0 aliphatic rings. The first-order chi connectivity index (χ1) is 14.1. The zero-order valence-corrected chi connectivity index (χ0v) is 17.6. The van der Waals surface area contributed by atoms with Crippen LogP contribution in [0.3, 0.4) is 0 Å². The number of sulfonamides is 1. The van der Waals surface area contributed by atoms with Crippen molar-refractivity contribution in [2.75, 3.05) is 32.3 Å². The van der Waals surface area contributed by atoms with E-state index in [1.807, 2.05) is 0 Å². The van der Waals surface area contributed by atoms with Crippen molar-refractivity contribution in [3.63, 3.8) is 0 Å². The third kappa shape index (κ3) is 6.39. The molecule has 0 bridgehead atoms. The molecule has 9 nitrogen and oxygen atoms in total. The van der Waals surface area contributed by atoms with Gasteiger partial charge < -0.3 is 14.8 Å². The van der Waals surface area contributed by atoms with Gasteiger partial charge in [-0.1, -0.05) is 30.3 Å². The smallest absolute Gasteiger partial charge is 0.337 e. The molecule has 0 saturated heterocycles. The van der Waals surface area contributed by atoms with E-state index in [-0.39, 0.29) is 23.4 Å². The first-order valence-corrected chi connectivity index (χ1v) is 10.6. The molecule has 30 heavy (non-hydrogen) atoms. The number of carbonyl (C=O) groups excluding carboxylic acids is 3. The summed E-state index contributed by atoms with van der Waals surface area (Å²) in [5, 5.41) is 2.51. The molecule has 1 amide bonds. The zero-order valence-electron chi connectivity index (χ0n) is 16.7. The van der Waals surface area contributed by atoms with Gasteiger partial charge in [-0.05, 0) is 23.8 Å². The second-order valence-corrected chi connectivity index (χ2v) is 8.33. The van der Waals surface area contributed by atoms with E-state index >= 15 is 0 Å². The predicted octanol–water partition coefficient (Wildman–Crippen LogP) is 1.66. The summed E-state index contributed by atoms with van der Waals surface area (Å²) >= 11 is 0. The maximum Gasteiger partial charge on any atom is 0.337 e. The Labute approximate surface area is 174 Å². The Morgan fingerprint density at radius 3 is 1.93 bits per heavy atom. The van der Waals surface area contributed by atoms with Crippen molar-refractivity contribution >= 4 is 33.6 Å². The predicted molar refractivity (Wildman–Crippen MR) is 109 cm³/mol. The van der Waals surface area contributed by atoms with E-state index in [0.717, 1.165) is 16.1 Å². The topological polar surface area (TPSA) is 119 Å². The zero-order chi connectivity index (χ0) is 22.3. The largest absolute Gasteiger partial charge is 0.465 e. The Balaban J connectivity index is 2.24. The van der Waals surface area contributed by atoms with Crippen LogP contribution >= 0.6 is 0 Å². The van der Waals surface area contributed by atoms with Gasteiger partial charge in [-0.25, -0.2) is 18.0 Å². The summed E-state index contributed by atoms with van der Waals surface area (Å²) in [5.41, 5.74) is 0.896. The van der Waals surface area contributed by atoms with E-state index in [2.05, 4.69) is 14.8 Å². The van der Waals surface area contributed by atoms with Crippen LogP contribution in [0.25, 0.3) is 0 Å². The summed E-state index contributed by atoms with van der Waals surface area (Å²) in [6.07, 6.45) is 1.01. The number of rotatable bonds is 8. The number of anilines is 1. The highest BCUT2D eigenvalue weighted by Gasteiger charge is 2.21. The molecule has 0 unspecified atom stereocenters. The fraction of sp³-hybridized carbons (Fsp3) is 0.250. The minimum absolute atomic E-state index is 0.0166. The average molecular weight is 434 g/mol. The molecule has 2 rings (SSSR count). The molecular formula is C20H22N2O7S. The molecule has 160 valence electrons. The lowest BCUT2D eigenvalue weighted by Crippen LogP contribution is -2.36. The van der Waals surface area contributed by atoms with Crippen LogP contribution in [0.4, 0.5) is 5.69 Å². The number of hydrogen-bond donors (Lipinski definition) is 1. The summed E-state index contributed by atoms with van der Waals surface area (Å²) in [7, 11) is -1.32. The van der Waals surface area contributed by atoms with E-state index in [1.165, 1.54) is 32.4 Å². The minimum atomic E-state index is -3.68. The Bertz CT molecular complexity index is 1000. The fourth-order valence-corrected chi connectivity index (χ4v) is 3.34. The summed E-state index contributed by atoms with van der Waals surface area (Å²) < 4.78 is 34.5. The maximum absolute atomic E-state index is 12.5. The summed E-state index contributed by atoms with van der Waals surface area (Å²) in [6, 6.07) is 12.7. The molecule has 0 aromatic heterocycles. The number of ether oxygens (including phenoxy) is 2. The first kappa shape index (κ1) is 23.0. The molecule has 2 aromatic carbocycles. The highest BCUT2D eigenvalue weighted by atomic mass is 32.2. The molecule has 10 heteroatoms. The number of amides is 1. The normalized spacial score (nSPS) is 11.1. The number of hydrogen-bond acceptors (Lipinski definition) is 7. The van der Waals surface area contributed by atoms with Crippen LogP contribution in [0.2, 0.25) is 0 Å². The summed E-state index contributed by atoms with van der Waals surface area (Å²) in [6.45, 7) is -0.438. The van der Waals surface area contributed by atoms with E-state index in [1.54, 1.807) is 30.3 Å². The van der Waals surface area contributed by atoms with E-state index in [9.17, 15) is 22.8 Å². The molecule has 0 saturated carbocycles. The second kappa shape index (κ2) is 9.99. The van der Waals surface area contributed by atoms with Crippen molar-refractivity contribution in [3.05, 3.63) is 65.2 Å². The number of benzene rings is 2. The van der Waals surface area contributed by atoms with Gasteiger partial charge in [-0.15, -0.1) is 0 Å². The maximum atomic E-state index is 12.5. The van der Waals surface area contributed by atoms with Crippen LogP contribution < -0.4 is 5.32 Å². The molecular weight excluding hydrogens is 412 g/mol. The van der Waals surface area contributed by atoms with Crippen LogP contribution in [0, 0.1) is 0 Å². The van der Waals surface area contributed by atoms with Gasteiger partial charge in [0.1, 0.15) is 0 Å². The Hall–Kier alpha value is -3.24. The third-order valence-electron chi connectivity index (χ3n) is 4.05. The number of carbonyl (C=O) groups is 3. The van der Waals surface area contributed by atoms with Gasteiger partial charge in [0.2, 0.25) is 15.9 Å². The lowest BCUT2D eigenvalue weighted by atomic mass is 10.1. The summed E-state index contributed by atoms with van der Waals surface area (Å²) in [5.74, 6) is -2.06. The average Bonchev–Trinajstić information content (AvgIpc) is 2.71. The van der Waals surface area contributed by atoms with Gasteiger partial charge in [0.15, 0.2) is 0 Å².